The number of aliphatic hydroxyl groups excluding tert-OH is 1. The van der Waals surface area contributed by atoms with Crippen molar-refractivity contribution in [2.45, 2.75) is 50.6 Å². The Labute approximate surface area is 102 Å². The first kappa shape index (κ1) is 11.5. The first-order valence-corrected chi connectivity index (χ1v) is 6.93. The number of hydrogen-bond acceptors (Lipinski definition) is 4. The van der Waals surface area contributed by atoms with Crippen LogP contribution < -0.4 is 0 Å². The lowest BCUT2D eigenvalue weighted by Crippen LogP contribution is -2.53. The van der Waals surface area contributed by atoms with Crippen molar-refractivity contribution in [3.63, 3.8) is 0 Å². The second-order valence-corrected chi connectivity index (χ2v) is 5.81. The van der Waals surface area contributed by atoms with Crippen LogP contribution in [-0.2, 0) is 0 Å². The van der Waals surface area contributed by atoms with Crippen LogP contribution in [0.15, 0.2) is 5.16 Å². The minimum Gasteiger partial charge on any atom is -0.411 e. The van der Waals surface area contributed by atoms with Crippen LogP contribution >= 0.6 is 0 Å². The van der Waals surface area contributed by atoms with E-state index in [4.69, 9.17) is 0 Å². The van der Waals surface area contributed by atoms with Crippen molar-refractivity contribution in [1.29, 1.82) is 0 Å². The molecule has 3 aliphatic rings. The van der Waals surface area contributed by atoms with Gasteiger partial charge in [0.25, 0.3) is 0 Å². The second kappa shape index (κ2) is 4.58. The predicted molar refractivity (Wildman–Crippen MR) is 65.3 cm³/mol. The van der Waals surface area contributed by atoms with Gasteiger partial charge in [-0.25, -0.2) is 0 Å². The van der Waals surface area contributed by atoms with Crippen molar-refractivity contribution in [2.75, 3.05) is 13.2 Å². The molecule has 96 valence electrons. The van der Waals surface area contributed by atoms with E-state index < -0.39 is 0 Å². The van der Waals surface area contributed by atoms with Gasteiger partial charge in [-0.1, -0.05) is 11.6 Å². The minimum absolute atomic E-state index is 0.243. The summed E-state index contributed by atoms with van der Waals surface area (Å²) in [7, 11) is 0. The van der Waals surface area contributed by atoms with Gasteiger partial charge in [-0.3, -0.25) is 4.90 Å². The van der Waals surface area contributed by atoms with Gasteiger partial charge >= 0.3 is 0 Å². The van der Waals surface area contributed by atoms with Crippen molar-refractivity contribution in [1.82, 2.24) is 4.90 Å². The summed E-state index contributed by atoms with van der Waals surface area (Å²) >= 11 is 0. The van der Waals surface area contributed by atoms with E-state index in [-0.39, 0.29) is 12.6 Å². The van der Waals surface area contributed by atoms with Gasteiger partial charge in [0.05, 0.1) is 18.4 Å². The molecule has 3 fully saturated rings. The zero-order chi connectivity index (χ0) is 11.8. The van der Waals surface area contributed by atoms with Crippen molar-refractivity contribution >= 4 is 5.71 Å². The number of fused-ring (bicyclic) bond motifs is 2. The zero-order valence-corrected chi connectivity index (χ0v) is 10.3. The lowest BCUT2D eigenvalue weighted by molar-refractivity contribution is 0.0573. The average molecular weight is 238 g/mol. The third kappa shape index (κ3) is 1.78. The Kier molecular flexibility index (Phi) is 3.09. The minimum atomic E-state index is 0.243. The van der Waals surface area contributed by atoms with Crippen LogP contribution in [-0.4, -0.2) is 46.2 Å². The van der Waals surface area contributed by atoms with Gasteiger partial charge in [-0.15, -0.1) is 0 Å². The van der Waals surface area contributed by atoms with Crippen molar-refractivity contribution in [3.8, 4) is 0 Å². The van der Waals surface area contributed by atoms with Crippen LogP contribution in [0.5, 0.6) is 0 Å². The highest BCUT2D eigenvalue weighted by Crippen LogP contribution is 2.46. The summed E-state index contributed by atoms with van der Waals surface area (Å²) < 4.78 is 0. The molecule has 1 saturated heterocycles. The Morgan fingerprint density at radius 1 is 1.24 bits per heavy atom. The molecule has 0 aromatic heterocycles. The van der Waals surface area contributed by atoms with E-state index in [1.807, 2.05) is 0 Å². The number of oxime groups is 1. The number of piperidine rings is 1. The van der Waals surface area contributed by atoms with Crippen molar-refractivity contribution in [2.24, 2.45) is 17.0 Å². The summed E-state index contributed by atoms with van der Waals surface area (Å²) in [6, 6.07) is 0.598. The lowest BCUT2D eigenvalue weighted by atomic mass is 9.89. The van der Waals surface area contributed by atoms with E-state index >= 15 is 0 Å². The van der Waals surface area contributed by atoms with Crippen LogP contribution in [0, 0.1) is 11.8 Å². The molecular weight excluding hydrogens is 216 g/mol. The fourth-order valence-electron chi connectivity index (χ4n) is 4.22. The van der Waals surface area contributed by atoms with Crippen LogP contribution in [0.4, 0.5) is 0 Å². The maximum atomic E-state index is 9.51. The maximum Gasteiger partial charge on any atom is 0.0775 e. The topological polar surface area (TPSA) is 56.1 Å². The largest absolute Gasteiger partial charge is 0.411 e. The Hall–Kier alpha value is -0.610. The SMILES string of the molecule is OC[C@H]1CCCCN1[C@H]1/C(=N\O)[C@H]2CC[C@@H]1C2. The molecule has 2 aliphatic carbocycles. The molecule has 4 atom stereocenters. The summed E-state index contributed by atoms with van der Waals surface area (Å²) in [4.78, 5) is 2.42. The lowest BCUT2D eigenvalue weighted by Gasteiger charge is -2.42. The summed E-state index contributed by atoms with van der Waals surface area (Å²) in [6.07, 6.45) is 7.17. The van der Waals surface area contributed by atoms with E-state index in [0.717, 1.165) is 18.7 Å². The van der Waals surface area contributed by atoms with E-state index in [0.29, 0.717) is 17.9 Å². The first-order valence-electron chi connectivity index (χ1n) is 6.93. The first-order chi connectivity index (χ1) is 8.35. The average Bonchev–Trinajstić information content (AvgIpc) is 2.98. The van der Waals surface area contributed by atoms with Crippen LogP contribution in [0.25, 0.3) is 0 Å². The molecule has 4 nitrogen and oxygen atoms in total. The summed E-state index contributed by atoms with van der Waals surface area (Å²) in [6.45, 7) is 1.30. The molecular formula is C13H22N2O2. The summed E-state index contributed by atoms with van der Waals surface area (Å²) in [5, 5.41) is 22.3. The van der Waals surface area contributed by atoms with Crippen molar-refractivity contribution < 1.29 is 10.3 Å². The van der Waals surface area contributed by atoms with Gasteiger partial charge < -0.3 is 10.3 Å². The molecule has 0 unspecified atom stereocenters. The Balaban J connectivity index is 1.82. The third-order valence-corrected chi connectivity index (χ3v) is 5.00. The van der Waals surface area contributed by atoms with Gasteiger partial charge in [-0.2, -0.15) is 0 Å². The molecule has 4 heteroatoms. The number of rotatable bonds is 2. The van der Waals surface area contributed by atoms with E-state index in [1.54, 1.807) is 0 Å². The fourth-order valence-corrected chi connectivity index (χ4v) is 4.22. The van der Waals surface area contributed by atoms with E-state index in [1.165, 1.54) is 32.1 Å². The number of aliphatic hydroxyl groups is 1. The molecule has 0 spiro atoms. The summed E-state index contributed by atoms with van der Waals surface area (Å²) in [5.74, 6) is 1.18. The molecule has 2 saturated carbocycles. The zero-order valence-electron chi connectivity index (χ0n) is 10.3. The number of likely N-dealkylation sites (tertiary alicyclic amines) is 1. The van der Waals surface area contributed by atoms with Crippen LogP contribution in [0.2, 0.25) is 0 Å². The Morgan fingerprint density at radius 3 is 2.88 bits per heavy atom. The van der Waals surface area contributed by atoms with E-state index in [2.05, 4.69) is 10.1 Å². The van der Waals surface area contributed by atoms with Gasteiger partial charge in [0, 0.05) is 12.0 Å². The van der Waals surface area contributed by atoms with Crippen LogP contribution in [0.3, 0.4) is 0 Å². The van der Waals surface area contributed by atoms with Gasteiger partial charge in [-0.05, 0) is 44.6 Å². The monoisotopic (exact) mass is 238 g/mol. The standard InChI is InChI=1S/C13H22N2O2/c16-8-11-3-1-2-6-15(11)13-10-5-4-9(7-10)12(13)14-17/h9-11,13,16-17H,1-8H2/b14-12-/t9-,10+,11+,13+/m0/s1. The third-order valence-electron chi connectivity index (χ3n) is 5.00. The molecule has 2 N–H and O–H groups in total. The highest BCUT2D eigenvalue weighted by atomic mass is 16.4. The molecule has 0 aromatic rings. The van der Waals surface area contributed by atoms with Gasteiger partial charge in [0.2, 0.25) is 0 Å². The molecule has 3 rings (SSSR count). The van der Waals surface area contributed by atoms with E-state index in [9.17, 15) is 10.3 Å². The van der Waals surface area contributed by atoms with Crippen molar-refractivity contribution in [3.05, 3.63) is 0 Å². The molecule has 1 heterocycles. The fraction of sp³-hybridized carbons (Fsp3) is 0.923. The number of hydrogen-bond donors (Lipinski definition) is 2. The summed E-state index contributed by atoms with van der Waals surface area (Å²) in [5.41, 5.74) is 1.00. The molecule has 2 bridgehead atoms. The van der Waals surface area contributed by atoms with Gasteiger partial charge in [0.1, 0.15) is 0 Å². The second-order valence-electron chi connectivity index (χ2n) is 5.81. The predicted octanol–water partition coefficient (Wildman–Crippen LogP) is 1.46. The molecule has 0 radical (unpaired) electrons. The normalized spacial score (nSPS) is 44.6. The maximum absolute atomic E-state index is 9.51. The Morgan fingerprint density at radius 2 is 2.12 bits per heavy atom. The highest BCUT2D eigenvalue weighted by molar-refractivity contribution is 5.94. The smallest absolute Gasteiger partial charge is 0.0775 e. The van der Waals surface area contributed by atoms with Crippen LogP contribution in [0.1, 0.15) is 38.5 Å². The number of nitrogens with zero attached hydrogens (tertiary/aromatic N) is 2. The molecule has 1 aliphatic heterocycles. The molecule has 0 aromatic carbocycles. The highest BCUT2D eigenvalue weighted by Gasteiger charge is 2.49. The quantitative estimate of drug-likeness (QED) is 0.565. The van der Waals surface area contributed by atoms with Gasteiger partial charge in [0.15, 0.2) is 0 Å². The molecule has 0 amide bonds. The molecule has 17 heavy (non-hydrogen) atoms. The Bertz CT molecular complexity index is 319.